The second kappa shape index (κ2) is 5.99. The summed E-state index contributed by atoms with van der Waals surface area (Å²) in [5.41, 5.74) is 1.09. The van der Waals surface area contributed by atoms with E-state index in [1.807, 2.05) is 17.6 Å². The summed E-state index contributed by atoms with van der Waals surface area (Å²) in [5.74, 6) is 0.437. The van der Waals surface area contributed by atoms with Crippen molar-refractivity contribution in [3.05, 3.63) is 45.9 Å². The van der Waals surface area contributed by atoms with Gasteiger partial charge in [0.25, 0.3) is 0 Å². The van der Waals surface area contributed by atoms with E-state index in [0.29, 0.717) is 5.92 Å². The summed E-state index contributed by atoms with van der Waals surface area (Å²) in [6.45, 7) is 5.30. The maximum Gasteiger partial charge on any atom is 0.111 e. The molecule has 20 heavy (non-hydrogen) atoms. The van der Waals surface area contributed by atoms with E-state index in [1.54, 1.807) is 22.7 Å². The molecular formula is C15H17N3S2. The second-order valence-electron chi connectivity index (χ2n) is 4.92. The molecule has 1 N–H and O–H groups in total. The summed E-state index contributed by atoms with van der Waals surface area (Å²) in [6.07, 6.45) is 1.87. The SMILES string of the molecule is CC(CNC(C)c1nc2ccccc2s1)c1nccs1. The highest BCUT2D eigenvalue weighted by Gasteiger charge is 2.14. The van der Waals surface area contributed by atoms with Crippen molar-refractivity contribution in [2.24, 2.45) is 0 Å². The average molecular weight is 303 g/mol. The maximum absolute atomic E-state index is 4.70. The van der Waals surface area contributed by atoms with Gasteiger partial charge in [-0.05, 0) is 19.1 Å². The van der Waals surface area contributed by atoms with Gasteiger partial charge in [-0.1, -0.05) is 19.1 Å². The van der Waals surface area contributed by atoms with E-state index >= 15 is 0 Å². The van der Waals surface area contributed by atoms with Crippen LogP contribution >= 0.6 is 22.7 Å². The van der Waals surface area contributed by atoms with Crippen molar-refractivity contribution < 1.29 is 0 Å². The number of aromatic nitrogens is 2. The minimum absolute atomic E-state index is 0.273. The van der Waals surface area contributed by atoms with E-state index in [-0.39, 0.29) is 6.04 Å². The molecule has 2 aromatic heterocycles. The van der Waals surface area contributed by atoms with Gasteiger partial charge in [-0.3, -0.25) is 0 Å². The highest BCUT2D eigenvalue weighted by molar-refractivity contribution is 7.18. The van der Waals surface area contributed by atoms with Gasteiger partial charge in [0.15, 0.2) is 0 Å². The van der Waals surface area contributed by atoms with Crippen LogP contribution in [-0.4, -0.2) is 16.5 Å². The smallest absolute Gasteiger partial charge is 0.111 e. The lowest BCUT2D eigenvalue weighted by Gasteiger charge is -2.14. The van der Waals surface area contributed by atoms with E-state index in [2.05, 4.69) is 42.3 Å². The van der Waals surface area contributed by atoms with Gasteiger partial charge in [0.2, 0.25) is 0 Å². The molecule has 0 radical (unpaired) electrons. The number of nitrogens with zero attached hydrogens (tertiary/aromatic N) is 2. The molecule has 0 aliphatic carbocycles. The van der Waals surface area contributed by atoms with E-state index < -0.39 is 0 Å². The fourth-order valence-corrected chi connectivity index (χ4v) is 3.77. The van der Waals surface area contributed by atoms with Crippen LogP contribution in [0.15, 0.2) is 35.8 Å². The van der Waals surface area contributed by atoms with Crippen molar-refractivity contribution in [1.82, 2.24) is 15.3 Å². The Hall–Kier alpha value is -1.30. The normalized spacial score (nSPS) is 14.5. The third-order valence-electron chi connectivity index (χ3n) is 3.28. The van der Waals surface area contributed by atoms with E-state index in [4.69, 9.17) is 4.98 Å². The van der Waals surface area contributed by atoms with Gasteiger partial charge in [-0.25, -0.2) is 9.97 Å². The predicted octanol–water partition coefficient (Wildman–Crippen LogP) is 4.21. The third kappa shape index (κ3) is 2.90. The monoisotopic (exact) mass is 303 g/mol. The van der Waals surface area contributed by atoms with Crippen LogP contribution in [0.5, 0.6) is 0 Å². The molecule has 1 aromatic carbocycles. The minimum Gasteiger partial charge on any atom is -0.307 e. The number of para-hydroxylation sites is 1. The molecular weight excluding hydrogens is 286 g/mol. The summed E-state index contributed by atoms with van der Waals surface area (Å²) in [5, 5.41) is 7.93. The zero-order valence-electron chi connectivity index (χ0n) is 11.5. The first kappa shape index (κ1) is 13.7. The Bertz CT molecular complexity index is 642. The third-order valence-corrected chi connectivity index (χ3v) is 5.51. The van der Waals surface area contributed by atoms with E-state index in [9.17, 15) is 0 Å². The number of benzene rings is 1. The number of hydrogen-bond acceptors (Lipinski definition) is 5. The molecule has 0 spiro atoms. The summed E-state index contributed by atoms with van der Waals surface area (Å²) in [6, 6.07) is 8.57. The molecule has 5 heteroatoms. The number of nitrogens with one attached hydrogen (secondary N) is 1. The van der Waals surface area contributed by atoms with Gasteiger partial charge < -0.3 is 5.32 Å². The van der Waals surface area contributed by atoms with Gasteiger partial charge in [0.05, 0.1) is 21.3 Å². The van der Waals surface area contributed by atoms with Gasteiger partial charge in [-0.2, -0.15) is 0 Å². The van der Waals surface area contributed by atoms with E-state index in [0.717, 1.165) is 17.1 Å². The van der Waals surface area contributed by atoms with Crippen LogP contribution in [0.1, 0.15) is 35.8 Å². The first-order valence-electron chi connectivity index (χ1n) is 6.72. The van der Waals surface area contributed by atoms with Crippen molar-refractivity contribution in [3.63, 3.8) is 0 Å². The Morgan fingerprint density at radius 2 is 2.05 bits per heavy atom. The van der Waals surface area contributed by atoms with Crippen LogP contribution in [0.3, 0.4) is 0 Å². The molecule has 0 amide bonds. The van der Waals surface area contributed by atoms with Crippen LogP contribution in [0.4, 0.5) is 0 Å². The van der Waals surface area contributed by atoms with Crippen molar-refractivity contribution in [2.45, 2.75) is 25.8 Å². The van der Waals surface area contributed by atoms with Crippen LogP contribution in [0.2, 0.25) is 0 Å². The molecule has 3 aromatic rings. The number of hydrogen-bond donors (Lipinski definition) is 1. The average Bonchev–Trinajstić information content (AvgIpc) is 3.12. The van der Waals surface area contributed by atoms with Crippen molar-refractivity contribution in [2.75, 3.05) is 6.54 Å². The summed E-state index contributed by atoms with van der Waals surface area (Å²) >= 11 is 3.49. The molecule has 0 aliphatic rings. The highest BCUT2D eigenvalue weighted by atomic mass is 32.1. The Kier molecular flexibility index (Phi) is 4.10. The predicted molar refractivity (Wildman–Crippen MR) is 86.6 cm³/mol. The quantitative estimate of drug-likeness (QED) is 0.767. The van der Waals surface area contributed by atoms with Gasteiger partial charge in [0, 0.05) is 24.0 Å². The maximum atomic E-state index is 4.70. The fraction of sp³-hybridized carbons (Fsp3) is 0.333. The lowest BCUT2D eigenvalue weighted by Crippen LogP contribution is -2.23. The van der Waals surface area contributed by atoms with Crippen LogP contribution < -0.4 is 5.32 Å². The Morgan fingerprint density at radius 3 is 2.80 bits per heavy atom. The van der Waals surface area contributed by atoms with Gasteiger partial charge >= 0.3 is 0 Å². The summed E-state index contributed by atoms with van der Waals surface area (Å²) in [7, 11) is 0. The first-order valence-corrected chi connectivity index (χ1v) is 8.42. The number of rotatable bonds is 5. The molecule has 2 heterocycles. The zero-order chi connectivity index (χ0) is 13.9. The molecule has 2 atom stereocenters. The first-order chi connectivity index (χ1) is 9.74. The molecule has 0 saturated carbocycles. The van der Waals surface area contributed by atoms with Crippen LogP contribution in [0, 0.1) is 0 Å². The number of fused-ring (bicyclic) bond motifs is 1. The number of thiazole rings is 2. The van der Waals surface area contributed by atoms with Crippen molar-refractivity contribution in [3.8, 4) is 0 Å². The summed E-state index contributed by atoms with van der Waals surface area (Å²) < 4.78 is 1.25. The lowest BCUT2D eigenvalue weighted by atomic mass is 10.2. The van der Waals surface area contributed by atoms with Crippen LogP contribution in [-0.2, 0) is 0 Å². The molecule has 3 rings (SSSR count). The van der Waals surface area contributed by atoms with Crippen molar-refractivity contribution >= 4 is 32.9 Å². The molecule has 104 valence electrons. The molecule has 0 aliphatic heterocycles. The van der Waals surface area contributed by atoms with Gasteiger partial charge in [-0.15, -0.1) is 22.7 Å². The molecule has 0 fully saturated rings. The highest BCUT2D eigenvalue weighted by Crippen LogP contribution is 2.26. The Balaban J connectivity index is 1.65. The fourth-order valence-electron chi connectivity index (χ4n) is 2.08. The molecule has 2 unspecified atom stereocenters. The molecule has 3 nitrogen and oxygen atoms in total. The Morgan fingerprint density at radius 1 is 1.20 bits per heavy atom. The lowest BCUT2D eigenvalue weighted by molar-refractivity contribution is 0.535. The van der Waals surface area contributed by atoms with Crippen molar-refractivity contribution in [1.29, 1.82) is 0 Å². The Labute approximate surface area is 126 Å². The standard InChI is InChI=1S/C15H17N3S2/c1-10(14-16-7-8-19-14)9-17-11(2)15-18-12-5-3-4-6-13(12)20-15/h3-8,10-11,17H,9H2,1-2H3. The minimum atomic E-state index is 0.273. The zero-order valence-corrected chi connectivity index (χ0v) is 13.2. The second-order valence-corrected chi connectivity index (χ2v) is 6.91. The largest absolute Gasteiger partial charge is 0.307 e. The molecule has 0 bridgehead atoms. The van der Waals surface area contributed by atoms with Gasteiger partial charge in [0.1, 0.15) is 5.01 Å². The summed E-state index contributed by atoms with van der Waals surface area (Å²) in [4.78, 5) is 9.06. The van der Waals surface area contributed by atoms with E-state index in [1.165, 1.54) is 9.71 Å². The van der Waals surface area contributed by atoms with Crippen LogP contribution in [0.25, 0.3) is 10.2 Å². The molecule has 0 saturated heterocycles. The topological polar surface area (TPSA) is 37.8 Å².